The standard InChI is InChI=1S/C8H7BrClF2N/c9-4-1-2-5(6(10)3-4)7(13)8(11)12/h1-3,7-8H,13H2. The number of halogens is 4. The lowest BCUT2D eigenvalue weighted by molar-refractivity contribution is 0.116. The van der Waals surface area contributed by atoms with Gasteiger partial charge in [-0.25, -0.2) is 8.78 Å². The van der Waals surface area contributed by atoms with Crippen LogP contribution in [0.15, 0.2) is 22.7 Å². The first kappa shape index (κ1) is 10.9. The van der Waals surface area contributed by atoms with Gasteiger partial charge in [0.2, 0.25) is 0 Å². The Morgan fingerprint density at radius 2 is 2.00 bits per heavy atom. The van der Waals surface area contributed by atoms with Crippen molar-refractivity contribution in [2.24, 2.45) is 5.73 Å². The zero-order valence-corrected chi connectivity index (χ0v) is 8.82. The first-order valence-corrected chi connectivity index (χ1v) is 4.68. The Morgan fingerprint density at radius 1 is 1.38 bits per heavy atom. The maximum absolute atomic E-state index is 12.2. The molecule has 0 amide bonds. The highest BCUT2D eigenvalue weighted by Gasteiger charge is 2.19. The summed E-state index contributed by atoms with van der Waals surface area (Å²) in [4.78, 5) is 0. The summed E-state index contributed by atoms with van der Waals surface area (Å²) in [6.07, 6.45) is -2.60. The van der Waals surface area contributed by atoms with Gasteiger partial charge in [-0.15, -0.1) is 0 Å². The van der Waals surface area contributed by atoms with Crippen LogP contribution in [0.1, 0.15) is 11.6 Å². The van der Waals surface area contributed by atoms with Crippen molar-refractivity contribution in [1.29, 1.82) is 0 Å². The van der Waals surface area contributed by atoms with Crippen molar-refractivity contribution in [2.45, 2.75) is 12.5 Å². The minimum atomic E-state index is -2.60. The van der Waals surface area contributed by atoms with Crippen LogP contribution in [-0.4, -0.2) is 6.43 Å². The van der Waals surface area contributed by atoms with Gasteiger partial charge < -0.3 is 5.73 Å². The second-order valence-electron chi connectivity index (χ2n) is 2.53. The zero-order chi connectivity index (χ0) is 10.0. The highest BCUT2D eigenvalue weighted by molar-refractivity contribution is 9.10. The second-order valence-corrected chi connectivity index (χ2v) is 3.85. The maximum atomic E-state index is 12.2. The van der Waals surface area contributed by atoms with E-state index in [2.05, 4.69) is 15.9 Å². The molecule has 1 unspecified atom stereocenters. The van der Waals surface area contributed by atoms with Gasteiger partial charge in [-0.05, 0) is 17.7 Å². The van der Waals surface area contributed by atoms with Crippen molar-refractivity contribution < 1.29 is 8.78 Å². The lowest BCUT2D eigenvalue weighted by Gasteiger charge is -2.12. The van der Waals surface area contributed by atoms with E-state index in [4.69, 9.17) is 17.3 Å². The van der Waals surface area contributed by atoms with E-state index in [0.29, 0.717) is 0 Å². The van der Waals surface area contributed by atoms with Crippen molar-refractivity contribution in [1.82, 2.24) is 0 Å². The monoisotopic (exact) mass is 269 g/mol. The van der Waals surface area contributed by atoms with Crippen LogP contribution in [0.5, 0.6) is 0 Å². The van der Waals surface area contributed by atoms with Crippen molar-refractivity contribution in [3.63, 3.8) is 0 Å². The highest BCUT2D eigenvalue weighted by atomic mass is 79.9. The normalized spacial score (nSPS) is 13.4. The molecule has 0 radical (unpaired) electrons. The summed E-state index contributed by atoms with van der Waals surface area (Å²) in [6.45, 7) is 0. The summed E-state index contributed by atoms with van der Waals surface area (Å²) in [5.74, 6) is 0. The quantitative estimate of drug-likeness (QED) is 0.876. The Morgan fingerprint density at radius 3 is 2.46 bits per heavy atom. The third-order valence-electron chi connectivity index (χ3n) is 1.59. The van der Waals surface area contributed by atoms with Crippen molar-refractivity contribution in [3.05, 3.63) is 33.3 Å². The molecule has 0 aliphatic carbocycles. The van der Waals surface area contributed by atoms with Crippen LogP contribution in [-0.2, 0) is 0 Å². The van der Waals surface area contributed by atoms with Gasteiger partial charge in [0, 0.05) is 9.50 Å². The number of hydrogen-bond donors (Lipinski definition) is 1. The van der Waals surface area contributed by atoms with Crippen molar-refractivity contribution >= 4 is 27.5 Å². The fraction of sp³-hybridized carbons (Fsp3) is 0.250. The molecule has 13 heavy (non-hydrogen) atoms. The molecule has 1 rings (SSSR count). The molecule has 0 spiro atoms. The van der Waals surface area contributed by atoms with E-state index in [-0.39, 0.29) is 10.6 Å². The van der Waals surface area contributed by atoms with Gasteiger partial charge in [0.05, 0.1) is 6.04 Å². The Labute approximate surface area is 88.0 Å². The zero-order valence-electron chi connectivity index (χ0n) is 6.48. The van der Waals surface area contributed by atoms with Crippen LogP contribution in [0, 0.1) is 0 Å². The number of alkyl halides is 2. The van der Waals surface area contributed by atoms with Crippen LogP contribution < -0.4 is 5.73 Å². The SMILES string of the molecule is NC(c1ccc(Br)cc1Cl)C(F)F. The molecule has 72 valence electrons. The third kappa shape index (κ3) is 2.62. The van der Waals surface area contributed by atoms with Crippen LogP contribution >= 0.6 is 27.5 Å². The predicted octanol–water partition coefficient (Wildman–Crippen LogP) is 3.37. The van der Waals surface area contributed by atoms with Crippen LogP contribution in [0.3, 0.4) is 0 Å². The van der Waals surface area contributed by atoms with Crippen LogP contribution in [0.4, 0.5) is 8.78 Å². The first-order valence-electron chi connectivity index (χ1n) is 3.51. The molecule has 0 aliphatic heterocycles. The van der Waals surface area contributed by atoms with E-state index < -0.39 is 12.5 Å². The molecule has 0 aliphatic rings. The molecular weight excluding hydrogens is 263 g/mol. The molecule has 0 aromatic heterocycles. The van der Waals surface area contributed by atoms with Gasteiger partial charge in [0.1, 0.15) is 0 Å². The first-order chi connectivity index (χ1) is 6.02. The van der Waals surface area contributed by atoms with Crippen LogP contribution in [0.25, 0.3) is 0 Å². The molecule has 0 heterocycles. The molecule has 0 saturated heterocycles. The molecule has 5 heteroatoms. The topological polar surface area (TPSA) is 26.0 Å². The number of hydrogen-bond acceptors (Lipinski definition) is 1. The largest absolute Gasteiger partial charge is 0.319 e. The summed E-state index contributed by atoms with van der Waals surface area (Å²) in [5, 5.41) is 0.252. The Kier molecular flexibility index (Phi) is 3.64. The minimum Gasteiger partial charge on any atom is -0.319 e. The average Bonchev–Trinajstić information content (AvgIpc) is 2.03. The fourth-order valence-electron chi connectivity index (χ4n) is 0.908. The molecule has 0 bridgehead atoms. The number of nitrogens with two attached hydrogens (primary N) is 1. The molecule has 0 saturated carbocycles. The smallest absolute Gasteiger partial charge is 0.257 e. The predicted molar refractivity (Wildman–Crippen MR) is 52.1 cm³/mol. The third-order valence-corrected chi connectivity index (χ3v) is 2.41. The van der Waals surface area contributed by atoms with Gasteiger partial charge in [-0.1, -0.05) is 33.6 Å². The summed E-state index contributed by atoms with van der Waals surface area (Å²) < 4.78 is 25.1. The molecule has 1 atom stereocenters. The molecule has 1 aromatic rings. The van der Waals surface area contributed by atoms with Gasteiger partial charge in [0.25, 0.3) is 6.43 Å². The Hall–Kier alpha value is -0.190. The summed E-state index contributed by atoms with van der Waals surface area (Å²) in [7, 11) is 0. The van der Waals surface area contributed by atoms with E-state index in [1.54, 1.807) is 12.1 Å². The van der Waals surface area contributed by atoms with E-state index >= 15 is 0 Å². The molecule has 1 nitrogen and oxygen atoms in total. The highest BCUT2D eigenvalue weighted by Crippen LogP contribution is 2.28. The lowest BCUT2D eigenvalue weighted by atomic mass is 10.1. The van der Waals surface area contributed by atoms with Crippen molar-refractivity contribution in [3.8, 4) is 0 Å². The molecule has 1 aromatic carbocycles. The number of benzene rings is 1. The average molecular weight is 271 g/mol. The van der Waals surface area contributed by atoms with E-state index in [9.17, 15) is 8.78 Å². The van der Waals surface area contributed by atoms with Gasteiger partial charge in [0.15, 0.2) is 0 Å². The number of rotatable bonds is 2. The van der Waals surface area contributed by atoms with Gasteiger partial charge in [-0.2, -0.15) is 0 Å². The summed E-state index contributed by atoms with van der Waals surface area (Å²) in [6, 6.07) is 3.34. The minimum absolute atomic E-state index is 0.252. The molecule has 0 fully saturated rings. The molecular formula is C8H7BrClF2N. The second kappa shape index (κ2) is 4.35. The van der Waals surface area contributed by atoms with Gasteiger partial charge in [-0.3, -0.25) is 0 Å². The lowest BCUT2D eigenvalue weighted by Crippen LogP contribution is -2.19. The summed E-state index contributed by atoms with van der Waals surface area (Å²) >= 11 is 8.89. The Bertz CT molecular complexity index is 306. The maximum Gasteiger partial charge on any atom is 0.257 e. The van der Waals surface area contributed by atoms with Crippen LogP contribution in [0.2, 0.25) is 5.02 Å². The van der Waals surface area contributed by atoms with Gasteiger partial charge >= 0.3 is 0 Å². The fourth-order valence-corrected chi connectivity index (χ4v) is 1.71. The van der Waals surface area contributed by atoms with Crippen molar-refractivity contribution in [2.75, 3.05) is 0 Å². The van der Waals surface area contributed by atoms with E-state index in [1.807, 2.05) is 0 Å². The van der Waals surface area contributed by atoms with E-state index in [0.717, 1.165) is 4.47 Å². The molecule has 2 N–H and O–H groups in total. The Balaban J connectivity index is 3.01. The summed E-state index contributed by atoms with van der Waals surface area (Å²) in [5.41, 5.74) is 5.50. The van der Waals surface area contributed by atoms with E-state index in [1.165, 1.54) is 6.07 Å².